The van der Waals surface area contributed by atoms with E-state index in [0.717, 1.165) is 27.6 Å². The number of nitrogens with one attached hydrogen (secondary N) is 1. The van der Waals surface area contributed by atoms with Crippen molar-refractivity contribution in [3.8, 4) is 28.0 Å². The van der Waals surface area contributed by atoms with Crippen molar-refractivity contribution >= 4 is 10.9 Å². The maximum absolute atomic E-state index is 12.9. The van der Waals surface area contributed by atoms with Crippen LogP contribution in [0.2, 0.25) is 0 Å². The summed E-state index contributed by atoms with van der Waals surface area (Å²) in [5, 5.41) is 13.8. The Bertz CT molecular complexity index is 983. The van der Waals surface area contributed by atoms with Crippen molar-refractivity contribution in [2.75, 3.05) is 0 Å². The van der Waals surface area contributed by atoms with Crippen molar-refractivity contribution in [3.05, 3.63) is 85.1 Å². The standard InChI is InChI=1S/C21H15NO.Li/c23-21-19(13-12-16-9-6-14-22-20(16)21)18-11-5-4-10-17(18)15-7-2-1-3-8-15;/h1-14,23H;/q;+1. The minimum atomic E-state index is 0. The summed E-state index contributed by atoms with van der Waals surface area (Å²) < 4.78 is 0. The number of aromatic amines is 1. The number of fused-ring (bicyclic) bond motifs is 1. The minimum absolute atomic E-state index is 0. The summed E-state index contributed by atoms with van der Waals surface area (Å²) in [6.07, 6.45) is 1.79. The second-order valence-electron chi connectivity index (χ2n) is 5.49. The summed E-state index contributed by atoms with van der Waals surface area (Å²) in [5.74, 6) is 0.0338. The molecule has 0 bridgehead atoms. The zero-order valence-corrected chi connectivity index (χ0v) is 13.5. The third-order valence-electron chi connectivity index (χ3n) is 4.09. The Morgan fingerprint density at radius 3 is 2.12 bits per heavy atom. The molecule has 0 saturated carbocycles. The van der Waals surface area contributed by atoms with E-state index in [1.54, 1.807) is 6.20 Å². The number of rotatable bonds is 2. The second kappa shape index (κ2) is 6.93. The molecule has 1 aromatic heterocycles. The van der Waals surface area contributed by atoms with Gasteiger partial charge in [-0.05, 0) is 40.1 Å². The van der Waals surface area contributed by atoms with E-state index in [0.29, 0.717) is 5.52 Å². The molecule has 3 heteroatoms. The number of hydrogen-bond acceptors (Lipinski definition) is 1. The van der Waals surface area contributed by atoms with Crippen LogP contribution in [0.15, 0.2) is 85.1 Å². The van der Waals surface area contributed by atoms with Crippen molar-refractivity contribution in [3.63, 3.8) is 0 Å². The van der Waals surface area contributed by atoms with E-state index >= 15 is 0 Å². The predicted octanol–water partition coefficient (Wildman–Crippen LogP) is 1.07. The van der Waals surface area contributed by atoms with Crippen LogP contribution in [-0.4, -0.2) is 0 Å². The van der Waals surface area contributed by atoms with Crippen LogP contribution in [0.3, 0.4) is 0 Å². The molecular weight excluding hydrogens is 289 g/mol. The Balaban J connectivity index is 0.00000169. The first-order chi connectivity index (χ1) is 11.3. The van der Waals surface area contributed by atoms with Crippen LogP contribution in [0.1, 0.15) is 0 Å². The summed E-state index contributed by atoms with van der Waals surface area (Å²) >= 11 is 0. The van der Waals surface area contributed by atoms with Gasteiger partial charge in [-0.1, -0.05) is 60.7 Å². The molecule has 3 aromatic carbocycles. The molecule has 1 N–H and O–H groups in total. The van der Waals surface area contributed by atoms with Gasteiger partial charge in [0.1, 0.15) is 0 Å². The van der Waals surface area contributed by atoms with E-state index in [1.165, 1.54) is 0 Å². The largest absolute Gasteiger partial charge is 1.00 e. The first-order valence-electron chi connectivity index (χ1n) is 7.60. The third-order valence-corrected chi connectivity index (χ3v) is 4.09. The van der Waals surface area contributed by atoms with Gasteiger partial charge in [-0.15, -0.1) is 0 Å². The smallest absolute Gasteiger partial charge is 0.868 e. The Kier molecular flexibility index (Phi) is 4.71. The average Bonchev–Trinajstić information content (AvgIpc) is 2.63. The fourth-order valence-electron chi connectivity index (χ4n) is 2.97. The fraction of sp³-hybridized carbons (Fsp3) is 0. The maximum atomic E-state index is 12.9. The quantitative estimate of drug-likeness (QED) is 0.510. The van der Waals surface area contributed by atoms with Crippen molar-refractivity contribution in [2.45, 2.75) is 0 Å². The van der Waals surface area contributed by atoms with Crippen LogP contribution in [0.5, 0.6) is 5.75 Å². The van der Waals surface area contributed by atoms with Gasteiger partial charge in [-0.25, -0.2) is 4.98 Å². The van der Waals surface area contributed by atoms with Gasteiger partial charge in [0.05, 0.1) is 0 Å². The first kappa shape index (κ1) is 16.3. The molecule has 0 atom stereocenters. The summed E-state index contributed by atoms with van der Waals surface area (Å²) in [6, 6.07) is 25.9. The zero-order chi connectivity index (χ0) is 15.6. The van der Waals surface area contributed by atoms with Gasteiger partial charge < -0.3 is 5.11 Å². The monoisotopic (exact) mass is 304 g/mol. The van der Waals surface area contributed by atoms with E-state index in [-0.39, 0.29) is 24.6 Å². The number of benzene rings is 3. The molecular formula is C21H15LiNO+. The number of aromatic nitrogens is 1. The van der Waals surface area contributed by atoms with Gasteiger partial charge in [0.2, 0.25) is 5.52 Å². The number of pyridine rings is 1. The van der Waals surface area contributed by atoms with Crippen LogP contribution < -0.4 is 29.0 Å². The van der Waals surface area contributed by atoms with Crippen molar-refractivity contribution in [1.29, 1.82) is 0 Å². The third kappa shape index (κ3) is 2.83. The Morgan fingerprint density at radius 2 is 1.33 bits per heavy atom. The molecule has 0 spiro atoms. The number of H-pyrrole nitrogens is 1. The van der Waals surface area contributed by atoms with Gasteiger partial charge in [-0.2, -0.15) is 0 Å². The summed E-state index contributed by atoms with van der Waals surface area (Å²) in [4.78, 5) is 3.08. The normalized spacial score (nSPS) is 10.3. The first-order valence-corrected chi connectivity index (χ1v) is 7.60. The van der Waals surface area contributed by atoms with E-state index in [2.05, 4.69) is 23.2 Å². The Hall–Kier alpha value is -2.53. The molecule has 110 valence electrons. The average molecular weight is 304 g/mol. The molecule has 4 rings (SSSR count). The molecule has 0 amide bonds. The topological polar surface area (TPSA) is 37.2 Å². The molecule has 4 aromatic rings. The SMILES string of the molecule is [Li+].[O-]c1c(-c2ccccc2-c2ccccc2)ccc2ccc[nH+]c12. The van der Waals surface area contributed by atoms with Gasteiger partial charge in [0.25, 0.3) is 0 Å². The molecule has 24 heavy (non-hydrogen) atoms. The molecule has 0 aliphatic carbocycles. The fourth-order valence-corrected chi connectivity index (χ4v) is 2.97. The van der Waals surface area contributed by atoms with Gasteiger partial charge >= 0.3 is 18.9 Å². The van der Waals surface area contributed by atoms with Gasteiger partial charge in [0.15, 0.2) is 6.20 Å². The minimum Gasteiger partial charge on any atom is -0.868 e. The van der Waals surface area contributed by atoms with Crippen LogP contribution >= 0.6 is 0 Å². The van der Waals surface area contributed by atoms with Crippen LogP contribution in [0, 0.1) is 0 Å². The van der Waals surface area contributed by atoms with Crippen LogP contribution in [0.25, 0.3) is 33.2 Å². The van der Waals surface area contributed by atoms with Crippen LogP contribution in [0.4, 0.5) is 0 Å². The molecule has 0 saturated heterocycles. The van der Waals surface area contributed by atoms with Gasteiger partial charge in [-0.3, -0.25) is 0 Å². The molecule has 1 heterocycles. The van der Waals surface area contributed by atoms with E-state index in [9.17, 15) is 5.11 Å². The molecule has 0 aliphatic heterocycles. The molecule has 2 nitrogen and oxygen atoms in total. The van der Waals surface area contributed by atoms with E-state index < -0.39 is 0 Å². The summed E-state index contributed by atoms with van der Waals surface area (Å²) in [5.41, 5.74) is 4.51. The number of hydrogen-bond donors (Lipinski definition) is 0. The van der Waals surface area contributed by atoms with Crippen LogP contribution in [-0.2, 0) is 0 Å². The zero-order valence-electron chi connectivity index (χ0n) is 13.5. The van der Waals surface area contributed by atoms with Crippen molar-refractivity contribution in [2.24, 2.45) is 0 Å². The molecule has 0 aliphatic rings. The molecule has 0 fully saturated rings. The van der Waals surface area contributed by atoms with E-state index in [1.807, 2.05) is 60.7 Å². The van der Waals surface area contributed by atoms with E-state index in [4.69, 9.17) is 0 Å². The summed E-state index contributed by atoms with van der Waals surface area (Å²) in [7, 11) is 0. The van der Waals surface area contributed by atoms with Crippen molar-refractivity contribution in [1.82, 2.24) is 0 Å². The molecule has 0 unspecified atom stereocenters. The Morgan fingerprint density at radius 1 is 0.625 bits per heavy atom. The second-order valence-corrected chi connectivity index (χ2v) is 5.49. The predicted molar refractivity (Wildman–Crippen MR) is 90.8 cm³/mol. The Labute approximate surface area is 153 Å². The summed E-state index contributed by atoms with van der Waals surface area (Å²) in [6.45, 7) is 0. The molecule has 0 radical (unpaired) electrons. The van der Waals surface area contributed by atoms with Gasteiger partial charge in [0, 0.05) is 11.5 Å². The van der Waals surface area contributed by atoms with Crippen molar-refractivity contribution < 1.29 is 29.0 Å². The maximum Gasteiger partial charge on any atom is 1.00 e.